The first-order valence-electron chi connectivity index (χ1n) is 12.3. The molecule has 1 aromatic heterocycles. The van der Waals surface area contributed by atoms with E-state index in [4.69, 9.17) is 9.47 Å². The molecule has 0 bridgehead atoms. The summed E-state index contributed by atoms with van der Waals surface area (Å²) < 4.78 is 11.1. The Kier molecular flexibility index (Phi) is 8.45. The van der Waals surface area contributed by atoms with Gasteiger partial charge in [0.2, 0.25) is 5.91 Å². The highest BCUT2D eigenvalue weighted by molar-refractivity contribution is 7.11. The van der Waals surface area contributed by atoms with Crippen molar-refractivity contribution in [2.45, 2.75) is 45.1 Å². The molecule has 5 nitrogen and oxygen atoms in total. The lowest BCUT2D eigenvalue weighted by atomic mass is 9.87. The van der Waals surface area contributed by atoms with Gasteiger partial charge >= 0.3 is 0 Å². The zero-order valence-corrected chi connectivity index (χ0v) is 21.1. The van der Waals surface area contributed by atoms with Gasteiger partial charge in [0, 0.05) is 61.4 Å². The van der Waals surface area contributed by atoms with Crippen LogP contribution in [0.25, 0.3) is 0 Å². The Morgan fingerprint density at radius 3 is 2.61 bits per heavy atom. The molecule has 1 aliphatic heterocycles. The molecule has 0 N–H and O–H groups in total. The van der Waals surface area contributed by atoms with E-state index in [9.17, 15) is 4.79 Å². The fourth-order valence-electron chi connectivity index (χ4n) is 5.60. The Morgan fingerprint density at radius 1 is 1.12 bits per heavy atom. The molecule has 1 aromatic carbocycles. The maximum Gasteiger partial charge on any atom is 0.225 e. The monoisotopic (exact) mass is 470 g/mol. The van der Waals surface area contributed by atoms with Crippen LogP contribution in [0.15, 0.2) is 36.4 Å². The van der Waals surface area contributed by atoms with Crippen molar-refractivity contribution in [3.05, 3.63) is 51.7 Å². The van der Waals surface area contributed by atoms with Crippen LogP contribution in [0.1, 0.15) is 46.9 Å². The molecule has 1 saturated carbocycles. The van der Waals surface area contributed by atoms with Crippen LogP contribution in [0.2, 0.25) is 0 Å². The van der Waals surface area contributed by atoms with Crippen LogP contribution >= 0.6 is 11.3 Å². The lowest BCUT2D eigenvalue weighted by Gasteiger charge is -2.30. The van der Waals surface area contributed by atoms with Gasteiger partial charge in [0.05, 0.1) is 13.7 Å². The van der Waals surface area contributed by atoms with E-state index in [0.29, 0.717) is 30.9 Å². The number of thiophene rings is 1. The smallest absolute Gasteiger partial charge is 0.225 e. The van der Waals surface area contributed by atoms with Crippen molar-refractivity contribution in [1.29, 1.82) is 0 Å². The number of ether oxygens (including phenoxy) is 2. The van der Waals surface area contributed by atoms with Crippen molar-refractivity contribution in [1.82, 2.24) is 9.80 Å². The lowest BCUT2D eigenvalue weighted by Crippen LogP contribution is -2.42. The quantitative estimate of drug-likeness (QED) is 0.493. The highest BCUT2D eigenvalue weighted by Gasteiger charge is 2.38. The molecule has 1 amide bonds. The first-order valence-corrected chi connectivity index (χ1v) is 13.1. The number of para-hydroxylation sites is 1. The molecule has 2 heterocycles. The third kappa shape index (κ3) is 5.97. The van der Waals surface area contributed by atoms with Crippen LogP contribution < -0.4 is 4.74 Å². The molecule has 6 heteroatoms. The summed E-state index contributed by atoms with van der Waals surface area (Å²) in [5, 5.41) is 0. The summed E-state index contributed by atoms with van der Waals surface area (Å²) in [6.45, 7) is 7.14. The molecule has 33 heavy (non-hydrogen) atoms. The average Bonchev–Trinajstić information content (AvgIpc) is 3.58. The fourth-order valence-corrected chi connectivity index (χ4v) is 6.53. The second kappa shape index (κ2) is 11.5. The van der Waals surface area contributed by atoms with Crippen LogP contribution in [-0.4, -0.2) is 62.7 Å². The molecular formula is C27H38N2O3S. The molecule has 2 atom stereocenters. The van der Waals surface area contributed by atoms with Crippen molar-refractivity contribution in [2.75, 3.05) is 47.0 Å². The predicted octanol–water partition coefficient (Wildman–Crippen LogP) is 4.95. The van der Waals surface area contributed by atoms with Gasteiger partial charge in [-0.2, -0.15) is 0 Å². The number of benzene rings is 1. The van der Waals surface area contributed by atoms with Crippen LogP contribution in [0.4, 0.5) is 0 Å². The van der Waals surface area contributed by atoms with Crippen LogP contribution in [0.3, 0.4) is 0 Å². The number of methoxy groups -OCH3 is 2. The first kappa shape index (κ1) is 24.2. The number of rotatable bonds is 10. The molecule has 0 spiro atoms. The zero-order chi connectivity index (χ0) is 23.2. The Labute approximate surface area is 202 Å². The van der Waals surface area contributed by atoms with E-state index in [2.05, 4.69) is 47.1 Å². The molecule has 1 saturated heterocycles. The van der Waals surface area contributed by atoms with Crippen molar-refractivity contribution in [2.24, 2.45) is 11.8 Å². The topological polar surface area (TPSA) is 42.0 Å². The lowest BCUT2D eigenvalue weighted by molar-refractivity contribution is -0.136. The summed E-state index contributed by atoms with van der Waals surface area (Å²) in [6.07, 6.45) is 4.42. The van der Waals surface area contributed by atoms with Crippen molar-refractivity contribution in [3.63, 3.8) is 0 Å². The van der Waals surface area contributed by atoms with Crippen molar-refractivity contribution < 1.29 is 14.3 Å². The molecular weight excluding hydrogens is 432 g/mol. The van der Waals surface area contributed by atoms with Gasteiger partial charge < -0.3 is 14.4 Å². The minimum atomic E-state index is 0.193. The Bertz CT molecular complexity index is 908. The summed E-state index contributed by atoms with van der Waals surface area (Å²) in [4.78, 5) is 20.8. The van der Waals surface area contributed by atoms with Crippen molar-refractivity contribution >= 4 is 17.2 Å². The van der Waals surface area contributed by atoms with Gasteiger partial charge in [0.15, 0.2) is 0 Å². The maximum absolute atomic E-state index is 13.4. The number of aryl methyl sites for hydroxylation is 1. The molecule has 2 aromatic rings. The number of nitrogens with zero attached hydrogens (tertiary/aromatic N) is 2. The molecule has 2 fully saturated rings. The zero-order valence-electron chi connectivity index (χ0n) is 20.3. The van der Waals surface area contributed by atoms with Gasteiger partial charge in [-0.15, -0.1) is 11.3 Å². The SMILES string of the molecule is COCCN(CC1CN(Cc2ccc(C)s2)CC1c1ccccc1OC)C(=O)C1CCCC1. The van der Waals surface area contributed by atoms with Gasteiger partial charge in [-0.05, 0) is 49.4 Å². The standard InChI is InChI=1S/C27H38N2O3S/c1-20-12-13-23(33-20)18-28-16-22(25(19-28)24-10-6-7-11-26(24)32-3)17-29(14-15-31-2)27(30)21-8-4-5-9-21/h6-7,10-13,21-22,25H,4-5,8-9,14-19H2,1-3H3. The fraction of sp³-hybridized carbons (Fsp3) is 0.593. The molecule has 2 aliphatic rings. The Balaban J connectivity index is 1.55. The predicted molar refractivity (Wildman–Crippen MR) is 134 cm³/mol. The molecule has 1 aliphatic carbocycles. The summed E-state index contributed by atoms with van der Waals surface area (Å²) in [7, 11) is 3.47. The van der Waals surface area contributed by atoms with E-state index in [0.717, 1.165) is 44.8 Å². The number of carbonyl (C=O) groups is 1. The first-order chi connectivity index (χ1) is 16.1. The normalized spacial score (nSPS) is 21.5. The highest BCUT2D eigenvalue weighted by Crippen LogP contribution is 2.39. The number of likely N-dealkylation sites (tertiary alicyclic amines) is 1. The largest absolute Gasteiger partial charge is 0.496 e. The van der Waals surface area contributed by atoms with Crippen LogP contribution in [0.5, 0.6) is 5.75 Å². The van der Waals surface area contributed by atoms with E-state index >= 15 is 0 Å². The molecule has 2 unspecified atom stereocenters. The van der Waals surface area contributed by atoms with Crippen LogP contribution in [0, 0.1) is 18.8 Å². The number of amides is 1. The van der Waals surface area contributed by atoms with Gasteiger partial charge in [-0.25, -0.2) is 0 Å². The van der Waals surface area contributed by atoms with E-state index in [1.165, 1.54) is 28.2 Å². The summed E-state index contributed by atoms with van der Waals surface area (Å²) in [5.74, 6) is 2.17. The molecule has 0 radical (unpaired) electrons. The van der Waals surface area contributed by atoms with E-state index in [1.807, 2.05) is 17.4 Å². The summed E-state index contributed by atoms with van der Waals surface area (Å²) >= 11 is 1.88. The van der Waals surface area contributed by atoms with E-state index < -0.39 is 0 Å². The van der Waals surface area contributed by atoms with E-state index in [-0.39, 0.29) is 5.92 Å². The molecule has 180 valence electrons. The van der Waals surface area contributed by atoms with Crippen LogP contribution in [-0.2, 0) is 16.1 Å². The van der Waals surface area contributed by atoms with Gasteiger partial charge in [-0.3, -0.25) is 9.69 Å². The second-order valence-electron chi connectivity index (χ2n) is 9.57. The van der Waals surface area contributed by atoms with Gasteiger partial charge in [-0.1, -0.05) is 31.0 Å². The molecule has 4 rings (SSSR count). The minimum Gasteiger partial charge on any atom is -0.496 e. The maximum atomic E-state index is 13.4. The summed E-state index contributed by atoms with van der Waals surface area (Å²) in [6, 6.07) is 12.9. The number of hydrogen-bond donors (Lipinski definition) is 0. The van der Waals surface area contributed by atoms with Gasteiger partial charge in [0.25, 0.3) is 0 Å². The third-order valence-electron chi connectivity index (χ3n) is 7.27. The second-order valence-corrected chi connectivity index (χ2v) is 10.9. The van der Waals surface area contributed by atoms with Gasteiger partial charge in [0.1, 0.15) is 5.75 Å². The average molecular weight is 471 g/mol. The highest BCUT2D eigenvalue weighted by atomic mass is 32.1. The summed E-state index contributed by atoms with van der Waals surface area (Å²) in [5.41, 5.74) is 1.26. The van der Waals surface area contributed by atoms with Crippen molar-refractivity contribution in [3.8, 4) is 5.75 Å². The Morgan fingerprint density at radius 2 is 1.91 bits per heavy atom. The number of hydrogen-bond acceptors (Lipinski definition) is 5. The number of carbonyl (C=O) groups excluding carboxylic acids is 1. The third-order valence-corrected chi connectivity index (χ3v) is 8.25. The minimum absolute atomic E-state index is 0.193. The van der Waals surface area contributed by atoms with E-state index in [1.54, 1.807) is 14.2 Å². The Hall–Kier alpha value is -1.89.